The third-order valence-corrected chi connectivity index (χ3v) is 4.71. The molecule has 9 heteroatoms. The second-order valence-electron chi connectivity index (χ2n) is 7.12. The number of hydrogen-bond donors (Lipinski definition) is 2. The topological polar surface area (TPSA) is 102 Å². The predicted molar refractivity (Wildman–Crippen MR) is 115 cm³/mol. The summed E-state index contributed by atoms with van der Waals surface area (Å²) in [4.78, 5) is 36.0. The summed E-state index contributed by atoms with van der Waals surface area (Å²) in [6.07, 6.45) is 1.68. The van der Waals surface area contributed by atoms with E-state index in [1.165, 1.54) is 12.1 Å². The Bertz CT molecular complexity index is 1090. The van der Waals surface area contributed by atoms with Gasteiger partial charge in [0, 0.05) is 11.9 Å². The lowest BCUT2D eigenvalue weighted by Crippen LogP contribution is -2.39. The van der Waals surface area contributed by atoms with Crippen molar-refractivity contribution in [2.24, 2.45) is 0 Å². The summed E-state index contributed by atoms with van der Waals surface area (Å²) in [6, 6.07) is 13.9. The normalized spacial score (nSPS) is 11.5. The number of carbonyl (C=O) groups is 3. The fourth-order valence-corrected chi connectivity index (χ4v) is 2.95. The number of halogens is 1. The van der Waals surface area contributed by atoms with Crippen molar-refractivity contribution in [3.8, 4) is 5.69 Å². The van der Waals surface area contributed by atoms with E-state index in [1.807, 2.05) is 13.0 Å². The van der Waals surface area contributed by atoms with Crippen molar-refractivity contribution < 1.29 is 23.5 Å². The van der Waals surface area contributed by atoms with E-state index >= 15 is 0 Å². The van der Waals surface area contributed by atoms with Gasteiger partial charge in [0.25, 0.3) is 5.91 Å². The second kappa shape index (κ2) is 10.3. The molecule has 0 saturated carbocycles. The lowest BCUT2D eigenvalue weighted by molar-refractivity contribution is -0.128. The van der Waals surface area contributed by atoms with Crippen LogP contribution in [0.4, 0.5) is 4.39 Å². The van der Waals surface area contributed by atoms with Crippen LogP contribution in [0.5, 0.6) is 0 Å². The van der Waals surface area contributed by atoms with Crippen molar-refractivity contribution in [2.75, 3.05) is 13.2 Å². The van der Waals surface area contributed by atoms with Crippen LogP contribution in [0.3, 0.4) is 0 Å². The highest BCUT2D eigenvalue weighted by Crippen LogP contribution is 2.13. The van der Waals surface area contributed by atoms with Gasteiger partial charge < -0.3 is 15.4 Å². The summed E-state index contributed by atoms with van der Waals surface area (Å²) >= 11 is 0. The van der Waals surface area contributed by atoms with Gasteiger partial charge in [-0.25, -0.2) is 13.9 Å². The smallest absolute Gasteiger partial charge is 0.338 e. The molecule has 32 heavy (non-hydrogen) atoms. The van der Waals surface area contributed by atoms with Crippen molar-refractivity contribution in [2.45, 2.75) is 19.9 Å². The van der Waals surface area contributed by atoms with Gasteiger partial charge in [-0.15, -0.1) is 0 Å². The van der Waals surface area contributed by atoms with Crippen molar-refractivity contribution >= 4 is 17.8 Å². The van der Waals surface area contributed by atoms with E-state index in [1.54, 1.807) is 54.2 Å². The van der Waals surface area contributed by atoms with Crippen LogP contribution in [0.15, 0.2) is 60.8 Å². The largest absolute Gasteiger partial charge is 0.452 e. The zero-order valence-corrected chi connectivity index (χ0v) is 17.7. The number of ether oxygens (including phenoxy) is 1. The Balaban J connectivity index is 1.41. The third-order valence-electron chi connectivity index (χ3n) is 4.71. The first-order valence-corrected chi connectivity index (χ1v) is 9.93. The van der Waals surface area contributed by atoms with Gasteiger partial charge in [0.1, 0.15) is 5.82 Å². The second-order valence-corrected chi connectivity index (χ2v) is 7.12. The van der Waals surface area contributed by atoms with E-state index in [2.05, 4.69) is 15.7 Å². The van der Waals surface area contributed by atoms with Gasteiger partial charge in [-0.1, -0.05) is 12.1 Å². The lowest BCUT2D eigenvalue weighted by Gasteiger charge is -2.14. The van der Waals surface area contributed by atoms with Crippen molar-refractivity contribution in [3.05, 3.63) is 83.4 Å². The maximum Gasteiger partial charge on any atom is 0.338 e. The number of aryl methyl sites for hydroxylation is 1. The predicted octanol–water partition coefficient (Wildman–Crippen LogP) is 2.47. The molecule has 3 rings (SSSR count). The molecule has 1 heterocycles. The number of aromatic nitrogens is 2. The summed E-state index contributed by atoms with van der Waals surface area (Å²) in [5.74, 6) is -2.05. The quantitative estimate of drug-likeness (QED) is 0.526. The highest BCUT2D eigenvalue weighted by Gasteiger charge is 2.13. The first-order chi connectivity index (χ1) is 15.3. The summed E-state index contributed by atoms with van der Waals surface area (Å²) in [5, 5.41) is 9.27. The molecule has 0 saturated heterocycles. The average Bonchev–Trinajstić information content (AvgIpc) is 3.22. The Labute approximate surface area is 184 Å². The lowest BCUT2D eigenvalue weighted by atomic mass is 10.1. The molecule has 0 radical (unpaired) electrons. The van der Waals surface area contributed by atoms with Gasteiger partial charge >= 0.3 is 5.97 Å². The van der Waals surface area contributed by atoms with Crippen LogP contribution in [0.2, 0.25) is 0 Å². The summed E-state index contributed by atoms with van der Waals surface area (Å²) in [7, 11) is 0. The molecule has 0 fully saturated rings. The van der Waals surface area contributed by atoms with Crippen molar-refractivity contribution in [1.29, 1.82) is 0 Å². The van der Waals surface area contributed by atoms with E-state index in [4.69, 9.17) is 4.74 Å². The van der Waals surface area contributed by atoms with Gasteiger partial charge in [0.05, 0.1) is 23.8 Å². The van der Waals surface area contributed by atoms with Gasteiger partial charge in [-0.2, -0.15) is 5.10 Å². The van der Waals surface area contributed by atoms with Crippen LogP contribution >= 0.6 is 0 Å². The minimum Gasteiger partial charge on any atom is -0.452 e. The molecule has 0 bridgehead atoms. The molecule has 2 aromatic carbocycles. The first-order valence-electron chi connectivity index (χ1n) is 9.93. The van der Waals surface area contributed by atoms with E-state index in [0.29, 0.717) is 0 Å². The van der Waals surface area contributed by atoms with Crippen LogP contribution in [-0.2, 0) is 14.3 Å². The Kier molecular flexibility index (Phi) is 7.33. The molecule has 166 valence electrons. The Morgan fingerprint density at radius 3 is 2.34 bits per heavy atom. The highest BCUT2D eigenvalue weighted by atomic mass is 19.1. The minimum atomic E-state index is -0.654. The molecule has 2 N–H and O–H groups in total. The van der Waals surface area contributed by atoms with E-state index in [-0.39, 0.29) is 24.0 Å². The molecule has 2 amide bonds. The number of amides is 2. The van der Waals surface area contributed by atoms with Gasteiger partial charge in [-0.3, -0.25) is 9.59 Å². The summed E-state index contributed by atoms with van der Waals surface area (Å²) < 4.78 is 19.7. The maximum absolute atomic E-state index is 13.0. The molecule has 8 nitrogen and oxygen atoms in total. The molecular weight excluding hydrogens is 415 g/mol. The standard InChI is InChI=1S/C23H23FN4O4/c1-15-11-12-26-28(15)20-9-5-18(6-10-20)23(31)32-14-22(30)25-13-21(29)27-16(2)17-3-7-19(24)8-4-17/h3-12,16H,13-14H2,1-2H3,(H,25,30)(H,27,29). The van der Waals surface area contributed by atoms with Crippen LogP contribution in [-0.4, -0.2) is 40.7 Å². The highest BCUT2D eigenvalue weighted by molar-refractivity contribution is 5.92. The number of nitrogens with zero attached hydrogens (tertiary/aromatic N) is 2. The van der Waals surface area contributed by atoms with Crippen molar-refractivity contribution in [1.82, 2.24) is 20.4 Å². The third kappa shape index (κ3) is 6.00. The molecule has 0 spiro atoms. The SMILES string of the molecule is Cc1ccnn1-c1ccc(C(=O)OCC(=O)NCC(=O)NC(C)c2ccc(F)cc2)cc1. The van der Waals surface area contributed by atoms with Crippen LogP contribution in [0.25, 0.3) is 5.69 Å². The zero-order chi connectivity index (χ0) is 23.1. The molecule has 1 aromatic heterocycles. The fraction of sp³-hybridized carbons (Fsp3) is 0.217. The van der Waals surface area contributed by atoms with Crippen LogP contribution in [0.1, 0.15) is 34.6 Å². The monoisotopic (exact) mass is 438 g/mol. The number of hydrogen-bond acceptors (Lipinski definition) is 5. The Morgan fingerprint density at radius 2 is 1.72 bits per heavy atom. The number of nitrogens with one attached hydrogen (secondary N) is 2. The molecule has 0 aliphatic heterocycles. The van der Waals surface area contributed by atoms with E-state index < -0.39 is 24.4 Å². The summed E-state index contributed by atoms with van der Waals surface area (Å²) in [5.41, 5.74) is 2.77. The van der Waals surface area contributed by atoms with Crippen molar-refractivity contribution in [3.63, 3.8) is 0 Å². The number of benzene rings is 2. The zero-order valence-electron chi connectivity index (χ0n) is 17.7. The molecular formula is C23H23FN4O4. The molecule has 1 unspecified atom stereocenters. The molecule has 1 atom stereocenters. The fourth-order valence-electron chi connectivity index (χ4n) is 2.95. The van der Waals surface area contributed by atoms with Crippen LogP contribution in [0, 0.1) is 12.7 Å². The van der Waals surface area contributed by atoms with Gasteiger partial charge in [-0.05, 0) is 61.9 Å². The minimum absolute atomic E-state index is 0.278. The number of rotatable bonds is 8. The molecule has 3 aromatic rings. The Hall–Kier alpha value is -4.01. The van der Waals surface area contributed by atoms with E-state index in [9.17, 15) is 18.8 Å². The van der Waals surface area contributed by atoms with Gasteiger partial charge in [0.15, 0.2) is 6.61 Å². The molecule has 0 aliphatic carbocycles. The maximum atomic E-state index is 13.0. The average molecular weight is 438 g/mol. The first kappa shape index (κ1) is 22.7. The van der Waals surface area contributed by atoms with Gasteiger partial charge in [0.2, 0.25) is 5.91 Å². The number of carbonyl (C=O) groups excluding carboxylic acids is 3. The van der Waals surface area contributed by atoms with E-state index in [0.717, 1.165) is 16.9 Å². The molecule has 0 aliphatic rings. The summed E-state index contributed by atoms with van der Waals surface area (Å²) in [6.45, 7) is 2.87. The van der Waals surface area contributed by atoms with Crippen LogP contribution < -0.4 is 10.6 Å². The Morgan fingerprint density at radius 1 is 1.03 bits per heavy atom. The number of esters is 1.